The molecule has 2 heterocycles. The lowest BCUT2D eigenvalue weighted by Gasteiger charge is -2.18. The third-order valence-corrected chi connectivity index (χ3v) is 4.16. The summed E-state index contributed by atoms with van der Waals surface area (Å²) in [6.45, 7) is 2.59. The van der Waals surface area contributed by atoms with Gasteiger partial charge in [-0.05, 0) is 43.8 Å². The molecular weight excluding hydrogens is 316 g/mol. The van der Waals surface area contributed by atoms with Crippen LogP contribution in [0.25, 0.3) is 0 Å². The zero-order valence-electron chi connectivity index (χ0n) is 14.7. The summed E-state index contributed by atoms with van der Waals surface area (Å²) in [5.74, 6) is 0.583. The lowest BCUT2D eigenvalue weighted by Crippen LogP contribution is -2.38. The first-order valence-corrected chi connectivity index (χ1v) is 8.49. The van der Waals surface area contributed by atoms with Gasteiger partial charge >= 0.3 is 6.03 Å². The van der Waals surface area contributed by atoms with Crippen LogP contribution in [0.15, 0.2) is 42.6 Å². The van der Waals surface area contributed by atoms with Crippen molar-refractivity contribution in [3.05, 3.63) is 53.7 Å². The molecule has 2 amide bonds. The second-order valence-electron chi connectivity index (χ2n) is 6.34. The number of hydrogen-bond acceptors (Lipinski definition) is 4. The molecule has 0 radical (unpaired) electrons. The second-order valence-corrected chi connectivity index (χ2v) is 6.34. The smallest absolute Gasteiger partial charge is 0.322 e. The predicted molar refractivity (Wildman–Crippen MR) is 98.0 cm³/mol. The minimum atomic E-state index is -0.0724. The first-order valence-electron chi connectivity index (χ1n) is 8.49. The summed E-state index contributed by atoms with van der Waals surface area (Å²) in [6.07, 6.45) is 2.61. The number of aromatic nitrogens is 1. The van der Waals surface area contributed by atoms with Gasteiger partial charge in [-0.15, -0.1) is 0 Å². The summed E-state index contributed by atoms with van der Waals surface area (Å²) in [6, 6.07) is 11.7. The topological polar surface area (TPSA) is 57.7 Å². The predicted octanol–water partition coefficient (Wildman–Crippen LogP) is 2.29. The van der Waals surface area contributed by atoms with Crippen LogP contribution in [-0.4, -0.2) is 49.7 Å². The number of fused-ring (bicyclic) bond motifs is 1. The SMILES string of the molecule is CN(C)CCOc1cc(CNC(=O)N2CCc3ccccc32)ccn1. The number of hydrogen-bond donors (Lipinski definition) is 1. The number of nitrogens with one attached hydrogen (secondary N) is 1. The van der Waals surface area contributed by atoms with Crippen molar-refractivity contribution in [1.29, 1.82) is 0 Å². The number of ether oxygens (including phenoxy) is 1. The largest absolute Gasteiger partial charge is 0.476 e. The maximum atomic E-state index is 12.5. The molecule has 2 aromatic rings. The van der Waals surface area contributed by atoms with Crippen molar-refractivity contribution >= 4 is 11.7 Å². The Kier molecular flexibility index (Phi) is 5.50. The van der Waals surface area contributed by atoms with E-state index in [-0.39, 0.29) is 6.03 Å². The van der Waals surface area contributed by atoms with Crippen LogP contribution in [0.1, 0.15) is 11.1 Å². The van der Waals surface area contributed by atoms with Gasteiger partial charge in [0.05, 0.1) is 0 Å². The zero-order valence-corrected chi connectivity index (χ0v) is 14.7. The maximum Gasteiger partial charge on any atom is 0.322 e. The molecule has 0 fully saturated rings. The van der Waals surface area contributed by atoms with Crippen LogP contribution < -0.4 is 15.0 Å². The van der Waals surface area contributed by atoms with E-state index >= 15 is 0 Å². The van der Waals surface area contributed by atoms with Crippen LogP contribution in [0.4, 0.5) is 10.5 Å². The molecule has 1 aliphatic heterocycles. The number of carbonyl (C=O) groups excluding carboxylic acids is 1. The van der Waals surface area contributed by atoms with E-state index in [1.165, 1.54) is 5.56 Å². The highest BCUT2D eigenvalue weighted by Gasteiger charge is 2.23. The number of amides is 2. The molecule has 6 heteroatoms. The van der Waals surface area contributed by atoms with Gasteiger partial charge in [0.1, 0.15) is 6.61 Å². The Morgan fingerprint density at radius 1 is 1.32 bits per heavy atom. The number of anilines is 1. The number of urea groups is 1. The lowest BCUT2D eigenvalue weighted by molar-refractivity contribution is 0.246. The van der Waals surface area contributed by atoms with Gasteiger partial charge < -0.3 is 15.0 Å². The number of nitrogens with zero attached hydrogens (tertiary/aromatic N) is 3. The van der Waals surface area contributed by atoms with Crippen molar-refractivity contribution in [3.63, 3.8) is 0 Å². The summed E-state index contributed by atoms with van der Waals surface area (Å²) < 4.78 is 5.63. The molecule has 1 aromatic heterocycles. The minimum absolute atomic E-state index is 0.0724. The minimum Gasteiger partial charge on any atom is -0.476 e. The lowest BCUT2D eigenvalue weighted by atomic mass is 10.2. The molecule has 1 N–H and O–H groups in total. The number of benzene rings is 1. The quantitative estimate of drug-likeness (QED) is 0.877. The van der Waals surface area contributed by atoms with Gasteiger partial charge in [-0.3, -0.25) is 4.90 Å². The fraction of sp³-hybridized carbons (Fsp3) is 0.368. The fourth-order valence-electron chi connectivity index (χ4n) is 2.79. The molecule has 0 saturated heterocycles. The zero-order chi connectivity index (χ0) is 17.6. The molecule has 1 aliphatic rings. The van der Waals surface area contributed by atoms with Gasteiger partial charge in [-0.1, -0.05) is 18.2 Å². The van der Waals surface area contributed by atoms with Crippen LogP contribution in [0.5, 0.6) is 5.88 Å². The molecule has 25 heavy (non-hydrogen) atoms. The summed E-state index contributed by atoms with van der Waals surface area (Å²) in [5, 5.41) is 2.98. The molecule has 0 spiro atoms. The average molecular weight is 340 g/mol. The van der Waals surface area contributed by atoms with Gasteiger partial charge in [-0.2, -0.15) is 0 Å². The highest BCUT2D eigenvalue weighted by molar-refractivity contribution is 5.94. The third-order valence-electron chi connectivity index (χ3n) is 4.16. The average Bonchev–Trinajstić information content (AvgIpc) is 3.04. The molecular formula is C19H24N4O2. The van der Waals surface area contributed by atoms with E-state index in [1.54, 1.807) is 11.1 Å². The van der Waals surface area contributed by atoms with Crippen LogP contribution >= 0.6 is 0 Å². The number of likely N-dealkylation sites (N-methyl/N-ethyl adjacent to an activating group) is 1. The third kappa shape index (κ3) is 4.48. The van der Waals surface area contributed by atoms with Crippen molar-refractivity contribution in [3.8, 4) is 5.88 Å². The van der Waals surface area contributed by atoms with Crippen LogP contribution in [-0.2, 0) is 13.0 Å². The molecule has 6 nitrogen and oxygen atoms in total. The molecule has 0 unspecified atom stereocenters. The van der Waals surface area contributed by atoms with Crippen molar-refractivity contribution in [2.24, 2.45) is 0 Å². The molecule has 0 aliphatic carbocycles. The molecule has 0 atom stereocenters. The Hall–Kier alpha value is -2.60. The Morgan fingerprint density at radius 2 is 2.16 bits per heavy atom. The number of para-hydroxylation sites is 1. The molecule has 3 rings (SSSR count). The van der Waals surface area contributed by atoms with E-state index in [2.05, 4.69) is 21.3 Å². The fourth-order valence-corrected chi connectivity index (χ4v) is 2.79. The van der Waals surface area contributed by atoms with Crippen LogP contribution in [0.2, 0.25) is 0 Å². The van der Waals surface area contributed by atoms with Gasteiger partial charge in [0.15, 0.2) is 0 Å². The Balaban J connectivity index is 1.54. The summed E-state index contributed by atoms with van der Waals surface area (Å²) in [5.41, 5.74) is 3.19. The first kappa shape index (κ1) is 17.2. The molecule has 0 bridgehead atoms. The van der Waals surface area contributed by atoms with E-state index in [0.717, 1.165) is 30.8 Å². The van der Waals surface area contributed by atoms with Crippen molar-refractivity contribution in [2.45, 2.75) is 13.0 Å². The Morgan fingerprint density at radius 3 is 3.00 bits per heavy atom. The number of carbonyl (C=O) groups is 1. The van der Waals surface area contributed by atoms with E-state index in [0.29, 0.717) is 19.0 Å². The van der Waals surface area contributed by atoms with Crippen molar-refractivity contribution < 1.29 is 9.53 Å². The van der Waals surface area contributed by atoms with E-state index in [9.17, 15) is 4.79 Å². The van der Waals surface area contributed by atoms with Gasteiger partial charge in [-0.25, -0.2) is 9.78 Å². The molecule has 0 saturated carbocycles. The first-order chi connectivity index (χ1) is 12.1. The number of pyridine rings is 1. The molecule has 132 valence electrons. The van der Waals surface area contributed by atoms with E-state index in [1.807, 2.05) is 44.4 Å². The summed E-state index contributed by atoms with van der Waals surface area (Å²) >= 11 is 0. The standard InChI is InChI=1S/C19H24N4O2/c1-22(2)11-12-25-18-13-15(7-9-20-18)14-21-19(24)23-10-8-16-5-3-4-6-17(16)23/h3-7,9,13H,8,10-12,14H2,1-2H3,(H,21,24). The van der Waals surface area contributed by atoms with Gasteiger partial charge in [0.2, 0.25) is 5.88 Å². The maximum absolute atomic E-state index is 12.5. The summed E-state index contributed by atoms with van der Waals surface area (Å²) in [7, 11) is 4.00. The van der Waals surface area contributed by atoms with E-state index < -0.39 is 0 Å². The Bertz CT molecular complexity index is 733. The van der Waals surface area contributed by atoms with E-state index in [4.69, 9.17) is 4.74 Å². The van der Waals surface area contributed by atoms with Crippen LogP contribution in [0, 0.1) is 0 Å². The highest BCUT2D eigenvalue weighted by atomic mass is 16.5. The van der Waals surface area contributed by atoms with Crippen LogP contribution in [0.3, 0.4) is 0 Å². The van der Waals surface area contributed by atoms with Gasteiger partial charge in [0, 0.05) is 37.6 Å². The normalized spacial score (nSPS) is 13.0. The second kappa shape index (κ2) is 7.98. The Labute approximate surface area is 148 Å². The van der Waals surface area contributed by atoms with Crippen molar-refractivity contribution in [2.75, 3.05) is 38.7 Å². The van der Waals surface area contributed by atoms with Gasteiger partial charge in [0.25, 0.3) is 0 Å². The van der Waals surface area contributed by atoms with Crippen molar-refractivity contribution in [1.82, 2.24) is 15.2 Å². The molecule has 1 aromatic carbocycles. The number of rotatable bonds is 6. The summed E-state index contributed by atoms with van der Waals surface area (Å²) in [4.78, 5) is 20.5. The monoisotopic (exact) mass is 340 g/mol. The highest BCUT2D eigenvalue weighted by Crippen LogP contribution is 2.27.